The van der Waals surface area contributed by atoms with Crippen LogP contribution >= 0.6 is 0 Å². The smallest absolute Gasteiger partial charge is 0.133 e. The predicted molar refractivity (Wildman–Crippen MR) is 136 cm³/mol. The number of hydrogen-bond donors (Lipinski definition) is 0. The SMILES string of the molecule is Cc1cnc(C2CCC[C@@H](CC(=O)CCc3cccc(C(C)(C)C)c3)C2)c2c1CC=C2.[HH].[HH].[HH]. The lowest BCUT2D eigenvalue weighted by Gasteiger charge is -2.29. The van der Waals surface area contributed by atoms with Crippen molar-refractivity contribution >= 4 is 11.9 Å². The van der Waals surface area contributed by atoms with Gasteiger partial charge < -0.3 is 0 Å². The van der Waals surface area contributed by atoms with Crippen LogP contribution in [0.1, 0.15) is 103 Å². The molecule has 0 bridgehead atoms. The molecule has 2 nitrogen and oxygen atoms in total. The molecule has 1 saturated carbocycles. The van der Waals surface area contributed by atoms with E-state index in [4.69, 9.17) is 4.98 Å². The number of rotatable bonds is 6. The Balaban J connectivity index is 0.00000193. The standard InChI is InChI=1S/C29H37NO.3H2/c1-20-19-30-28(27-13-7-12-26(20)27)23-10-5-9-22(16-23)18-25(31)15-14-21-8-6-11-24(17-21)29(2,3)4;;;/h6-8,11,13,17,19,22-23H,5,9-10,12,14-16,18H2,1-4H3;3*1H/t22-,23?;;;/m1.../s1. The first kappa shape index (κ1) is 22.0. The number of hydrogen-bond acceptors (Lipinski definition) is 2. The molecule has 4 rings (SSSR count). The largest absolute Gasteiger partial charge is 0.300 e. The van der Waals surface area contributed by atoms with Crippen LogP contribution in [0.5, 0.6) is 0 Å². The molecule has 0 N–H and O–H groups in total. The van der Waals surface area contributed by atoms with Crippen LogP contribution in [-0.2, 0) is 23.1 Å². The average molecular weight is 422 g/mol. The molecule has 31 heavy (non-hydrogen) atoms. The number of allylic oxidation sites excluding steroid dienone is 1. The molecule has 1 aromatic heterocycles. The second-order valence-corrected chi connectivity index (χ2v) is 10.7. The first-order valence-corrected chi connectivity index (χ1v) is 12.1. The molecule has 2 atom stereocenters. The third-order valence-electron chi connectivity index (χ3n) is 7.25. The molecule has 2 aliphatic carbocycles. The van der Waals surface area contributed by atoms with Crippen molar-refractivity contribution in [1.29, 1.82) is 0 Å². The van der Waals surface area contributed by atoms with E-state index in [1.165, 1.54) is 52.8 Å². The summed E-state index contributed by atoms with van der Waals surface area (Å²) < 4.78 is 0. The molecular weight excluding hydrogens is 378 g/mol. The maximum atomic E-state index is 12.8. The second-order valence-electron chi connectivity index (χ2n) is 10.7. The minimum absolute atomic E-state index is 0. The van der Waals surface area contributed by atoms with Crippen molar-refractivity contribution in [3.8, 4) is 0 Å². The maximum Gasteiger partial charge on any atom is 0.133 e. The van der Waals surface area contributed by atoms with Gasteiger partial charge in [0.2, 0.25) is 0 Å². The highest BCUT2D eigenvalue weighted by Crippen LogP contribution is 2.40. The first-order chi connectivity index (χ1) is 14.8. The molecule has 1 heterocycles. The van der Waals surface area contributed by atoms with E-state index in [9.17, 15) is 4.79 Å². The topological polar surface area (TPSA) is 30.0 Å². The van der Waals surface area contributed by atoms with Gasteiger partial charge in [-0.2, -0.15) is 0 Å². The zero-order chi connectivity index (χ0) is 22.0. The van der Waals surface area contributed by atoms with Crippen molar-refractivity contribution in [3.63, 3.8) is 0 Å². The van der Waals surface area contributed by atoms with Crippen LogP contribution in [0.25, 0.3) is 6.08 Å². The van der Waals surface area contributed by atoms with Crippen LogP contribution in [0, 0.1) is 12.8 Å². The van der Waals surface area contributed by atoms with Crippen molar-refractivity contribution in [2.45, 2.75) is 90.4 Å². The Kier molecular flexibility index (Phi) is 6.46. The number of carbonyl (C=O) groups excluding carboxylic acids is 1. The molecule has 0 saturated heterocycles. The summed E-state index contributed by atoms with van der Waals surface area (Å²) >= 11 is 0. The Bertz CT molecular complexity index is 993. The van der Waals surface area contributed by atoms with Gasteiger partial charge in [-0.3, -0.25) is 9.78 Å². The van der Waals surface area contributed by atoms with E-state index in [0.717, 1.165) is 25.7 Å². The molecular formula is C29H43NO. The van der Waals surface area contributed by atoms with Crippen LogP contribution in [0.4, 0.5) is 0 Å². The predicted octanol–water partition coefficient (Wildman–Crippen LogP) is 7.86. The zero-order valence-electron chi connectivity index (χ0n) is 19.7. The maximum absolute atomic E-state index is 12.8. The molecule has 2 aliphatic rings. The molecule has 2 heteroatoms. The molecule has 170 valence electrons. The van der Waals surface area contributed by atoms with E-state index in [2.05, 4.69) is 70.3 Å². The van der Waals surface area contributed by atoms with Gasteiger partial charge in [-0.05, 0) is 78.2 Å². The van der Waals surface area contributed by atoms with Crippen molar-refractivity contribution in [3.05, 3.63) is 70.0 Å². The molecule has 1 fully saturated rings. The number of benzene rings is 1. The van der Waals surface area contributed by atoms with Crippen molar-refractivity contribution < 1.29 is 9.07 Å². The van der Waals surface area contributed by atoms with Crippen LogP contribution in [0.15, 0.2) is 36.5 Å². The van der Waals surface area contributed by atoms with Crippen molar-refractivity contribution in [2.24, 2.45) is 5.92 Å². The monoisotopic (exact) mass is 421 g/mol. The van der Waals surface area contributed by atoms with Crippen LogP contribution in [0.2, 0.25) is 0 Å². The van der Waals surface area contributed by atoms with Gasteiger partial charge in [0.25, 0.3) is 0 Å². The van der Waals surface area contributed by atoms with E-state index in [0.29, 0.717) is 24.0 Å². The molecule has 1 unspecified atom stereocenters. The number of ketones is 1. The van der Waals surface area contributed by atoms with E-state index < -0.39 is 0 Å². The Morgan fingerprint density at radius 3 is 2.87 bits per heavy atom. The highest BCUT2D eigenvalue weighted by atomic mass is 16.1. The number of fused-ring (bicyclic) bond motifs is 1. The number of aryl methyl sites for hydroxylation is 2. The first-order valence-electron chi connectivity index (χ1n) is 12.1. The van der Waals surface area contributed by atoms with Crippen LogP contribution in [-0.4, -0.2) is 10.8 Å². The number of Topliss-reactive ketones (excluding diaryl/α,β-unsaturated/α-hetero) is 1. The fourth-order valence-electron chi connectivity index (χ4n) is 5.38. The highest BCUT2D eigenvalue weighted by Gasteiger charge is 2.28. The van der Waals surface area contributed by atoms with Gasteiger partial charge in [0.05, 0.1) is 5.69 Å². The van der Waals surface area contributed by atoms with Gasteiger partial charge in [0.15, 0.2) is 0 Å². The summed E-state index contributed by atoms with van der Waals surface area (Å²) in [6, 6.07) is 8.77. The molecule has 1 aromatic carbocycles. The van der Waals surface area contributed by atoms with E-state index in [1.807, 2.05) is 0 Å². The lowest BCUT2D eigenvalue weighted by Crippen LogP contribution is -2.19. The fraction of sp³-hybridized carbons (Fsp3) is 0.517. The van der Waals surface area contributed by atoms with Crippen molar-refractivity contribution in [1.82, 2.24) is 4.98 Å². The van der Waals surface area contributed by atoms with Gasteiger partial charge in [0.1, 0.15) is 5.78 Å². The highest BCUT2D eigenvalue weighted by molar-refractivity contribution is 5.79. The van der Waals surface area contributed by atoms with Gasteiger partial charge >= 0.3 is 0 Å². The summed E-state index contributed by atoms with van der Waals surface area (Å²) in [5.74, 6) is 1.44. The summed E-state index contributed by atoms with van der Waals surface area (Å²) in [6.07, 6.45) is 14.6. The fourth-order valence-corrected chi connectivity index (χ4v) is 5.38. The number of aromatic nitrogens is 1. The van der Waals surface area contributed by atoms with Crippen LogP contribution in [0.3, 0.4) is 0 Å². The average Bonchev–Trinajstić information content (AvgIpc) is 3.23. The van der Waals surface area contributed by atoms with Gasteiger partial charge in [-0.25, -0.2) is 0 Å². The molecule has 0 spiro atoms. The minimum Gasteiger partial charge on any atom is -0.300 e. The van der Waals surface area contributed by atoms with Gasteiger partial charge in [-0.1, -0.05) is 63.6 Å². The Labute approximate surface area is 192 Å². The Hall–Kier alpha value is -2.22. The normalized spacial score (nSPS) is 20.6. The summed E-state index contributed by atoms with van der Waals surface area (Å²) in [6.45, 7) is 8.89. The molecule has 0 radical (unpaired) electrons. The summed E-state index contributed by atoms with van der Waals surface area (Å²) in [7, 11) is 0. The number of nitrogens with zero attached hydrogens (tertiary/aromatic N) is 1. The van der Waals surface area contributed by atoms with Gasteiger partial charge in [0, 0.05) is 29.2 Å². The summed E-state index contributed by atoms with van der Waals surface area (Å²) in [5, 5.41) is 0. The molecule has 0 amide bonds. The Morgan fingerprint density at radius 2 is 2.06 bits per heavy atom. The van der Waals surface area contributed by atoms with E-state index >= 15 is 0 Å². The number of pyridine rings is 1. The molecule has 2 aromatic rings. The van der Waals surface area contributed by atoms with Crippen molar-refractivity contribution in [2.75, 3.05) is 0 Å². The van der Waals surface area contributed by atoms with Gasteiger partial charge in [-0.15, -0.1) is 0 Å². The second kappa shape index (κ2) is 9.10. The number of carbonyl (C=O) groups is 1. The van der Waals surface area contributed by atoms with E-state index in [-0.39, 0.29) is 9.69 Å². The lowest BCUT2D eigenvalue weighted by molar-refractivity contribution is -0.120. The minimum atomic E-state index is 0. The molecule has 0 aliphatic heterocycles. The summed E-state index contributed by atoms with van der Waals surface area (Å²) in [4.78, 5) is 17.7. The zero-order valence-corrected chi connectivity index (χ0v) is 19.7. The summed E-state index contributed by atoms with van der Waals surface area (Å²) in [5.41, 5.74) is 8.20. The van der Waals surface area contributed by atoms with E-state index in [1.54, 1.807) is 0 Å². The lowest BCUT2D eigenvalue weighted by atomic mass is 9.76. The third-order valence-corrected chi connectivity index (χ3v) is 7.25. The third kappa shape index (κ3) is 5.17. The quantitative estimate of drug-likeness (QED) is 0.475. The Morgan fingerprint density at radius 1 is 1.23 bits per heavy atom. The van der Waals surface area contributed by atoms with Crippen LogP contribution < -0.4 is 0 Å².